The molecular formula is C17H17FO. The van der Waals surface area contributed by atoms with Crippen LogP contribution in [0.4, 0.5) is 4.39 Å². The Morgan fingerprint density at radius 3 is 2.16 bits per heavy atom. The number of aryl methyl sites for hydroxylation is 1. The molecule has 0 fully saturated rings. The molecule has 0 heterocycles. The average molecular weight is 256 g/mol. The third kappa shape index (κ3) is 4.32. The van der Waals surface area contributed by atoms with Crippen LogP contribution >= 0.6 is 0 Å². The van der Waals surface area contributed by atoms with E-state index in [0.29, 0.717) is 18.4 Å². The van der Waals surface area contributed by atoms with Crippen LogP contribution < -0.4 is 0 Å². The molecule has 0 saturated heterocycles. The van der Waals surface area contributed by atoms with E-state index in [9.17, 15) is 9.18 Å². The monoisotopic (exact) mass is 256 g/mol. The lowest BCUT2D eigenvalue weighted by Crippen LogP contribution is -2.05. The first-order chi connectivity index (χ1) is 9.25. The first kappa shape index (κ1) is 13.5. The maximum Gasteiger partial charge on any atom is 0.136 e. The largest absolute Gasteiger partial charge is 0.300 e. The molecule has 2 heteroatoms. The summed E-state index contributed by atoms with van der Waals surface area (Å²) in [6.45, 7) is 0. The number of carbonyl (C=O) groups is 1. The van der Waals surface area contributed by atoms with E-state index >= 15 is 0 Å². The van der Waals surface area contributed by atoms with Gasteiger partial charge in [-0.15, -0.1) is 0 Å². The van der Waals surface area contributed by atoms with Crippen molar-refractivity contribution in [2.75, 3.05) is 0 Å². The number of benzene rings is 2. The van der Waals surface area contributed by atoms with Crippen molar-refractivity contribution < 1.29 is 9.18 Å². The number of rotatable bonds is 6. The zero-order valence-electron chi connectivity index (χ0n) is 10.8. The molecule has 2 aromatic carbocycles. The standard InChI is InChI=1S/C17H17FO/c18-17(15-9-5-2-6-10-15)13-16(19)12-11-14-7-3-1-4-8-14/h1-10,17H,11-13H2. The highest BCUT2D eigenvalue weighted by Gasteiger charge is 2.14. The smallest absolute Gasteiger partial charge is 0.136 e. The maximum absolute atomic E-state index is 13.9. The molecule has 0 aliphatic rings. The molecular weight excluding hydrogens is 239 g/mol. The van der Waals surface area contributed by atoms with Crippen molar-refractivity contribution in [2.24, 2.45) is 0 Å². The number of Topliss-reactive ketones (excluding diaryl/α,β-unsaturated/α-hetero) is 1. The molecule has 0 aromatic heterocycles. The van der Waals surface area contributed by atoms with E-state index in [1.165, 1.54) is 0 Å². The molecule has 0 bridgehead atoms. The first-order valence-electron chi connectivity index (χ1n) is 6.50. The van der Waals surface area contributed by atoms with Gasteiger partial charge in [-0.25, -0.2) is 4.39 Å². The molecule has 1 atom stereocenters. The molecule has 0 N–H and O–H groups in total. The van der Waals surface area contributed by atoms with Crippen molar-refractivity contribution in [3.05, 3.63) is 71.8 Å². The van der Waals surface area contributed by atoms with Crippen LogP contribution in [0.3, 0.4) is 0 Å². The summed E-state index contributed by atoms with van der Waals surface area (Å²) in [5, 5.41) is 0. The van der Waals surface area contributed by atoms with E-state index in [0.717, 1.165) is 5.56 Å². The summed E-state index contributed by atoms with van der Waals surface area (Å²) < 4.78 is 13.9. The second-order valence-corrected chi connectivity index (χ2v) is 4.61. The van der Waals surface area contributed by atoms with Crippen LogP contribution in [0.1, 0.15) is 30.1 Å². The molecule has 1 unspecified atom stereocenters. The predicted molar refractivity (Wildman–Crippen MR) is 74.7 cm³/mol. The lowest BCUT2D eigenvalue weighted by atomic mass is 10.0. The summed E-state index contributed by atoms with van der Waals surface area (Å²) in [4.78, 5) is 11.8. The number of ketones is 1. The third-order valence-electron chi connectivity index (χ3n) is 3.10. The van der Waals surface area contributed by atoms with Gasteiger partial charge < -0.3 is 0 Å². The molecule has 0 saturated carbocycles. The Bertz CT molecular complexity index is 507. The Kier molecular flexibility index (Phi) is 4.85. The molecule has 0 aliphatic carbocycles. The Labute approximate surface area is 113 Å². The highest BCUT2D eigenvalue weighted by molar-refractivity contribution is 5.79. The van der Waals surface area contributed by atoms with Crippen LogP contribution in [0.25, 0.3) is 0 Å². The minimum absolute atomic E-state index is 0.0276. The van der Waals surface area contributed by atoms with Gasteiger partial charge in [-0.05, 0) is 17.5 Å². The number of halogens is 1. The van der Waals surface area contributed by atoms with Gasteiger partial charge in [-0.3, -0.25) is 4.79 Å². The SMILES string of the molecule is O=C(CCc1ccccc1)CC(F)c1ccccc1. The normalized spacial score (nSPS) is 12.1. The molecule has 2 aromatic rings. The molecule has 2 rings (SSSR count). The van der Waals surface area contributed by atoms with Crippen LogP contribution in [0.5, 0.6) is 0 Å². The summed E-state index contributed by atoms with van der Waals surface area (Å²) in [5.74, 6) is -0.0276. The Balaban J connectivity index is 1.82. The Morgan fingerprint density at radius 1 is 0.947 bits per heavy atom. The fraction of sp³-hybridized carbons (Fsp3) is 0.235. The molecule has 0 spiro atoms. The third-order valence-corrected chi connectivity index (χ3v) is 3.10. The predicted octanol–water partition coefficient (Wildman–Crippen LogP) is 4.29. The van der Waals surface area contributed by atoms with Crippen LogP contribution in [0.15, 0.2) is 60.7 Å². The molecule has 0 radical (unpaired) electrons. The van der Waals surface area contributed by atoms with Crippen LogP contribution in [0, 0.1) is 0 Å². The van der Waals surface area contributed by atoms with Crippen molar-refractivity contribution in [1.82, 2.24) is 0 Å². The lowest BCUT2D eigenvalue weighted by Gasteiger charge is -2.07. The van der Waals surface area contributed by atoms with E-state index in [2.05, 4.69) is 0 Å². The van der Waals surface area contributed by atoms with Gasteiger partial charge in [0.25, 0.3) is 0 Å². The molecule has 0 aliphatic heterocycles. The Hall–Kier alpha value is -1.96. The van der Waals surface area contributed by atoms with Gasteiger partial charge in [0.15, 0.2) is 0 Å². The van der Waals surface area contributed by atoms with E-state index in [-0.39, 0.29) is 12.2 Å². The van der Waals surface area contributed by atoms with Gasteiger partial charge in [0.1, 0.15) is 12.0 Å². The lowest BCUT2D eigenvalue weighted by molar-refractivity contribution is -0.120. The fourth-order valence-corrected chi connectivity index (χ4v) is 2.01. The Morgan fingerprint density at radius 2 is 1.53 bits per heavy atom. The number of alkyl halides is 1. The zero-order chi connectivity index (χ0) is 13.5. The van der Waals surface area contributed by atoms with E-state index in [1.807, 2.05) is 36.4 Å². The van der Waals surface area contributed by atoms with Gasteiger partial charge in [0.05, 0.1) is 0 Å². The van der Waals surface area contributed by atoms with E-state index in [1.54, 1.807) is 24.3 Å². The van der Waals surface area contributed by atoms with E-state index in [4.69, 9.17) is 0 Å². The van der Waals surface area contributed by atoms with Gasteiger partial charge in [0.2, 0.25) is 0 Å². The fourth-order valence-electron chi connectivity index (χ4n) is 2.01. The number of hydrogen-bond donors (Lipinski definition) is 0. The van der Waals surface area contributed by atoms with E-state index < -0.39 is 6.17 Å². The summed E-state index contributed by atoms with van der Waals surface area (Å²) in [5.41, 5.74) is 1.70. The second-order valence-electron chi connectivity index (χ2n) is 4.61. The molecule has 19 heavy (non-hydrogen) atoms. The average Bonchev–Trinajstić information content (AvgIpc) is 2.47. The topological polar surface area (TPSA) is 17.1 Å². The molecule has 98 valence electrons. The number of carbonyl (C=O) groups excluding carboxylic acids is 1. The van der Waals surface area contributed by atoms with Gasteiger partial charge in [0, 0.05) is 12.8 Å². The highest BCUT2D eigenvalue weighted by Crippen LogP contribution is 2.21. The maximum atomic E-state index is 13.9. The molecule has 0 amide bonds. The van der Waals surface area contributed by atoms with Crippen LogP contribution in [-0.4, -0.2) is 5.78 Å². The summed E-state index contributed by atoms with van der Waals surface area (Å²) in [6.07, 6.45) is -0.139. The summed E-state index contributed by atoms with van der Waals surface area (Å²) in [7, 11) is 0. The van der Waals surface area contributed by atoms with Gasteiger partial charge in [-0.2, -0.15) is 0 Å². The van der Waals surface area contributed by atoms with Crippen molar-refractivity contribution in [3.63, 3.8) is 0 Å². The van der Waals surface area contributed by atoms with Crippen LogP contribution in [-0.2, 0) is 11.2 Å². The van der Waals surface area contributed by atoms with Crippen molar-refractivity contribution in [2.45, 2.75) is 25.4 Å². The molecule has 1 nitrogen and oxygen atoms in total. The zero-order valence-corrected chi connectivity index (χ0v) is 10.8. The van der Waals surface area contributed by atoms with Gasteiger partial charge in [-0.1, -0.05) is 60.7 Å². The van der Waals surface area contributed by atoms with Gasteiger partial charge >= 0.3 is 0 Å². The quantitative estimate of drug-likeness (QED) is 0.753. The minimum Gasteiger partial charge on any atom is -0.300 e. The summed E-state index contributed by atoms with van der Waals surface area (Å²) >= 11 is 0. The summed E-state index contributed by atoms with van der Waals surface area (Å²) in [6, 6.07) is 18.7. The second kappa shape index (κ2) is 6.83. The van der Waals surface area contributed by atoms with Crippen molar-refractivity contribution in [1.29, 1.82) is 0 Å². The first-order valence-corrected chi connectivity index (χ1v) is 6.50. The number of hydrogen-bond acceptors (Lipinski definition) is 1. The van der Waals surface area contributed by atoms with Crippen molar-refractivity contribution in [3.8, 4) is 0 Å². The highest BCUT2D eigenvalue weighted by atomic mass is 19.1. The van der Waals surface area contributed by atoms with Crippen molar-refractivity contribution >= 4 is 5.78 Å². The van der Waals surface area contributed by atoms with Crippen LogP contribution in [0.2, 0.25) is 0 Å². The minimum atomic E-state index is -1.19.